The molecule has 0 spiro atoms. The van der Waals surface area contributed by atoms with Gasteiger partial charge in [-0.05, 0) is 44.9 Å². The van der Waals surface area contributed by atoms with Gasteiger partial charge in [0, 0.05) is 40.7 Å². The number of aromatic nitrogens is 1. The Morgan fingerprint density at radius 1 is 1.23 bits per heavy atom. The zero-order valence-electron chi connectivity index (χ0n) is 17.2. The molecule has 0 bridgehead atoms. The second-order valence-electron chi connectivity index (χ2n) is 7.43. The van der Waals surface area contributed by atoms with Gasteiger partial charge in [-0.3, -0.25) is 14.6 Å². The van der Waals surface area contributed by atoms with Crippen molar-refractivity contribution in [1.82, 2.24) is 10.3 Å². The SMILES string of the molecule is CCOc1ccccc1C1C(C(=O)Nc2cccnc2)=C(C)NC2=C1C(=O)CCC2. The van der Waals surface area contributed by atoms with Crippen molar-refractivity contribution < 1.29 is 14.3 Å². The lowest BCUT2D eigenvalue weighted by atomic mass is 9.74. The number of pyridine rings is 1. The molecule has 1 atom stereocenters. The molecule has 6 nitrogen and oxygen atoms in total. The molecule has 4 rings (SSSR count). The number of carbonyl (C=O) groups excluding carboxylic acids is 2. The summed E-state index contributed by atoms with van der Waals surface area (Å²) in [5.74, 6) is 0.0403. The van der Waals surface area contributed by atoms with Crippen molar-refractivity contribution in [3.05, 3.63) is 76.9 Å². The molecular formula is C24H25N3O3. The molecule has 0 fully saturated rings. The number of carbonyl (C=O) groups is 2. The van der Waals surface area contributed by atoms with Crippen LogP contribution in [-0.2, 0) is 9.59 Å². The van der Waals surface area contributed by atoms with Gasteiger partial charge in [-0.25, -0.2) is 0 Å². The highest BCUT2D eigenvalue weighted by molar-refractivity contribution is 6.09. The Hall–Kier alpha value is -3.41. The summed E-state index contributed by atoms with van der Waals surface area (Å²) in [7, 11) is 0. The summed E-state index contributed by atoms with van der Waals surface area (Å²) >= 11 is 0. The van der Waals surface area contributed by atoms with Crippen LogP contribution in [-0.4, -0.2) is 23.3 Å². The van der Waals surface area contributed by atoms with Crippen LogP contribution in [0, 0.1) is 0 Å². The van der Waals surface area contributed by atoms with E-state index < -0.39 is 5.92 Å². The number of amides is 1. The minimum absolute atomic E-state index is 0.0826. The van der Waals surface area contributed by atoms with Crippen molar-refractivity contribution in [2.24, 2.45) is 0 Å². The number of nitrogens with one attached hydrogen (secondary N) is 2. The van der Waals surface area contributed by atoms with Gasteiger partial charge in [0.25, 0.3) is 5.91 Å². The fraction of sp³-hybridized carbons (Fsp3) is 0.292. The molecule has 1 aromatic heterocycles. The van der Waals surface area contributed by atoms with Crippen LogP contribution >= 0.6 is 0 Å². The van der Waals surface area contributed by atoms with Crippen molar-refractivity contribution in [3.8, 4) is 5.75 Å². The first-order valence-electron chi connectivity index (χ1n) is 10.3. The molecule has 2 heterocycles. The third kappa shape index (κ3) is 3.73. The largest absolute Gasteiger partial charge is 0.494 e. The van der Waals surface area contributed by atoms with Crippen molar-refractivity contribution >= 4 is 17.4 Å². The van der Waals surface area contributed by atoms with Gasteiger partial charge < -0.3 is 15.4 Å². The van der Waals surface area contributed by atoms with Crippen LogP contribution in [0.2, 0.25) is 0 Å². The third-order valence-corrected chi connectivity index (χ3v) is 5.47. The van der Waals surface area contributed by atoms with E-state index in [0.29, 0.717) is 35.6 Å². The number of benzene rings is 1. The number of anilines is 1. The van der Waals surface area contributed by atoms with Crippen LogP contribution in [0.1, 0.15) is 44.6 Å². The molecule has 1 unspecified atom stereocenters. The van der Waals surface area contributed by atoms with Crippen LogP contribution in [0.3, 0.4) is 0 Å². The molecule has 2 aromatic rings. The van der Waals surface area contributed by atoms with Crippen molar-refractivity contribution in [2.75, 3.05) is 11.9 Å². The van der Waals surface area contributed by atoms with Gasteiger partial charge >= 0.3 is 0 Å². The number of nitrogens with zero attached hydrogens (tertiary/aromatic N) is 1. The molecular weight excluding hydrogens is 378 g/mol. The first-order valence-corrected chi connectivity index (χ1v) is 10.3. The summed E-state index contributed by atoms with van der Waals surface area (Å²) in [4.78, 5) is 30.5. The van der Waals surface area contributed by atoms with Crippen LogP contribution in [0.5, 0.6) is 5.75 Å². The van der Waals surface area contributed by atoms with Gasteiger partial charge in [-0.15, -0.1) is 0 Å². The molecule has 2 N–H and O–H groups in total. The minimum Gasteiger partial charge on any atom is -0.494 e. The summed E-state index contributed by atoms with van der Waals surface area (Å²) < 4.78 is 5.87. The predicted molar refractivity (Wildman–Crippen MR) is 115 cm³/mol. The summed E-state index contributed by atoms with van der Waals surface area (Å²) in [5.41, 5.74) is 4.31. The van der Waals surface area contributed by atoms with Gasteiger partial charge in [0.05, 0.1) is 24.4 Å². The fourth-order valence-corrected chi connectivity index (χ4v) is 4.24. The molecule has 2 aliphatic rings. The van der Waals surface area contributed by atoms with Crippen LogP contribution < -0.4 is 15.4 Å². The van der Waals surface area contributed by atoms with Gasteiger partial charge in [0.15, 0.2) is 5.78 Å². The van der Waals surface area contributed by atoms with Crippen LogP contribution in [0.4, 0.5) is 5.69 Å². The quantitative estimate of drug-likeness (QED) is 0.786. The third-order valence-electron chi connectivity index (χ3n) is 5.47. The first-order chi connectivity index (χ1) is 14.6. The van der Waals surface area contributed by atoms with E-state index in [2.05, 4.69) is 15.6 Å². The maximum absolute atomic E-state index is 13.4. The summed E-state index contributed by atoms with van der Waals surface area (Å²) in [6.45, 7) is 4.31. The Morgan fingerprint density at radius 3 is 2.83 bits per heavy atom. The minimum atomic E-state index is -0.478. The lowest BCUT2D eigenvalue weighted by molar-refractivity contribution is -0.116. The average molecular weight is 403 g/mol. The molecule has 1 aromatic carbocycles. The fourth-order valence-electron chi connectivity index (χ4n) is 4.24. The zero-order chi connectivity index (χ0) is 21.1. The lowest BCUT2D eigenvalue weighted by Gasteiger charge is -2.35. The maximum atomic E-state index is 13.4. The molecule has 6 heteroatoms. The molecule has 0 radical (unpaired) electrons. The second-order valence-corrected chi connectivity index (χ2v) is 7.43. The van der Waals surface area contributed by atoms with E-state index in [-0.39, 0.29) is 11.7 Å². The smallest absolute Gasteiger partial charge is 0.254 e. The Morgan fingerprint density at radius 2 is 2.07 bits per heavy atom. The van der Waals surface area contributed by atoms with E-state index >= 15 is 0 Å². The molecule has 154 valence electrons. The highest BCUT2D eigenvalue weighted by atomic mass is 16.5. The number of hydrogen-bond acceptors (Lipinski definition) is 5. The number of ether oxygens (including phenoxy) is 1. The van der Waals surface area contributed by atoms with E-state index in [9.17, 15) is 9.59 Å². The highest BCUT2D eigenvalue weighted by Crippen LogP contribution is 2.45. The lowest BCUT2D eigenvalue weighted by Crippen LogP contribution is -2.35. The van der Waals surface area contributed by atoms with E-state index in [1.165, 1.54) is 0 Å². The topological polar surface area (TPSA) is 80.3 Å². The second kappa shape index (κ2) is 8.53. The molecule has 1 amide bonds. The number of para-hydroxylation sites is 1. The summed E-state index contributed by atoms with van der Waals surface area (Å²) in [5, 5.41) is 6.27. The summed E-state index contributed by atoms with van der Waals surface area (Å²) in [6, 6.07) is 11.2. The monoisotopic (exact) mass is 403 g/mol. The first kappa shape index (κ1) is 19.9. The van der Waals surface area contributed by atoms with Gasteiger partial charge in [-0.2, -0.15) is 0 Å². The number of allylic oxidation sites excluding steroid dienone is 3. The zero-order valence-corrected chi connectivity index (χ0v) is 17.2. The molecule has 1 aliphatic carbocycles. The Bertz CT molecular complexity index is 1040. The Balaban J connectivity index is 1.83. The number of hydrogen-bond donors (Lipinski definition) is 2. The van der Waals surface area contributed by atoms with Crippen molar-refractivity contribution in [1.29, 1.82) is 0 Å². The van der Waals surface area contributed by atoms with E-state index in [1.54, 1.807) is 24.5 Å². The molecule has 0 saturated carbocycles. The van der Waals surface area contributed by atoms with Gasteiger partial charge in [-0.1, -0.05) is 18.2 Å². The van der Waals surface area contributed by atoms with Gasteiger partial charge in [0.2, 0.25) is 0 Å². The Kier molecular flexibility index (Phi) is 5.65. The average Bonchev–Trinajstić information content (AvgIpc) is 2.74. The number of Topliss-reactive ketones (excluding diaryl/α,β-unsaturated/α-hetero) is 1. The maximum Gasteiger partial charge on any atom is 0.254 e. The number of ketones is 1. The van der Waals surface area contributed by atoms with E-state index in [0.717, 1.165) is 29.8 Å². The van der Waals surface area contributed by atoms with Crippen molar-refractivity contribution in [3.63, 3.8) is 0 Å². The van der Waals surface area contributed by atoms with Crippen LogP contribution in [0.15, 0.2) is 71.3 Å². The molecule has 1 aliphatic heterocycles. The Labute approximate surface area is 176 Å². The number of dihydropyridines is 1. The number of rotatable bonds is 5. The van der Waals surface area contributed by atoms with Gasteiger partial charge in [0.1, 0.15) is 5.75 Å². The van der Waals surface area contributed by atoms with Crippen LogP contribution in [0.25, 0.3) is 0 Å². The molecule has 0 saturated heterocycles. The van der Waals surface area contributed by atoms with E-state index in [1.807, 2.05) is 38.1 Å². The standard InChI is InChI=1S/C24H25N3O3/c1-3-30-20-12-5-4-9-17(20)22-21(24(29)27-16-8-7-13-25-14-16)15(2)26-18-10-6-11-19(28)23(18)22/h4-5,7-9,12-14,22,26H,3,6,10-11H2,1-2H3,(H,27,29). The van der Waals surface area contributed by atoms with Crippen molar-refractivity contribution in [2.45, 2.75) is 39.0 Å². The predicted octanol–water partition coefficient (Wildman–Crippen LogP) is 4.09. The highest BCUT2D eigenvalue weighted by Gasteiger charge is 2.39. The molecule has 30 heavy (non-hydrogen) atoms. The summed E-state index contributed by atoms with van der Waals surface area (Å²) in [6.07, 6.45) is 5.35. The normalized spacial score (nSPS) is 18.6. The van der Waals surface area contributed by atoms with E-state index in [4.69, 9.17) is 4.74 Å².